The molecule has 0 aliphatic heterocycles. The second kappa shape index (κ2) is 9.67. The van der Waals surface area contributed by atoms with Crippen molar-refractivity contribution >= 4 is 33.0 Å². The predicted molar refractivity (Wildman–Crippen MR) is 125 cm³/mol. The van der Waals surface area contributed by atoms with Crippen molar-refractivity contribution in [3.63, 3.8) is 0 Å². The molecule has 0 fully saturated rings. The first-order valence-corrected chi connectivity index (χ1v) is 10.3. The zero-order chi connectivity index (χ0) is 22.5. The molecule has 0 amide bonds. The van der Waals surface area contributed by atoms with Crippen molar-refractivity contribution in [2.24, 2.45) is 5.10 Å². The number of hydrogen-bond acceptors (Lipinski definition) is 6. The first kappa shape index (κ1) is 22.4. The average Bonchev–Trinajstić information content (AvgIpc) is 2.76. The van der Waals surface area contributed by atoms with Crippen LogP contribution in [-0.2, 0) is 0 Å². The largest absolute Gasteiger partial charge is 0.493 e. The molecule has 3 rings (SSSR count). The molecule has 160 valence electrons. The van der Waals surface area contributed by atoms with Gasteiger partial charge < -0.3 is 14.2 Å². The maximum Gasteiger partial charge on any atom is 0.282 e. The first-order valence-electron chi connectivity index (χ1n) is 9.48. The highest BCUT2D eigenvalue weighted by atomic mass is 79.9. The molecule has 0 radical (unpaired) electrons. The van der Waals surface area contributed by atoms with Crippen LogP contribution < -0.4 is 19.8 Å². The minimum atomic E-state index is -0.251. The van der Waals surface area contributed by atoms with E-state index in [0.29, 0.717) is 39.5 Å². The highest BCUT2D eigenvalue weighted by Crippen LogP contribution is 2.38. The number of halogens is 1. The lowest BCUT2D eigenvalue weighted by Crippen LogP contribution is -2.23. The SMILES string of the molecule is C#CCOc1c(OC)cc(C=Nn2c(C(C)C)nc3ccc(Br)cc3c2=O)cc1OC. The molecule has 2 aromatic carbocycles. The summed E-state index contributed by atoms with van der Waals surface area (Å²) in [7, 11) is 3.04. The van der Waals surface area contributed by atoms with Gasteiger partial charge in [-0.15, -0.1) is 6.42 Å². The van der Waals surface area contributed by atoms with E-state index in [1.165, 1.54) is 18.9 Å². The zero-order valence-corrected chi connectivity index (χ0v) is 19.3. The summed E-state index contributed by atoms with van der Waals surface area (Å²) in [6.07, 6.45) is 6.83. The van der Waals surface area contributed by atoms with Crippen LogP contribution in [0.2, 0.25) is 0 Å². The van der Waals surface area contributed by atoms with Gasteiger partial charge in [-0.25, -0.2) is 4.98 Å². The molecule has 0 aliphatic carbocycles. The summed E-state index contributed by atoms with van der Waals surface area (Å²) in [5, 5.41) is 4.91. The summed E-state index contributed by atoms with van der Waals surface area (Å²) in [5.74, 6) is 4.24. The Balaban J connectivity index is 2.13. The van der Waals surface area contributed by atoms with Gasteiger partial charge in [-0.2, -0.15) is 9.78 Å². The molecule has 0 bridgehead atoms. The van der Waals surface area contributed by atoms with Crippen LogP contribution >= 0.6 is 15.9 Å². The molecular weight excluding hydrogens is 462 g/mol. The highest BCUT2D eigenvalue weighted by Gasteiger charge is 2.15. The molecule has 0 N–H and O–H groups in total. The van der Waals surface area contributed by atoms with Gasteiger partial charge in [-0.3, -0.25) is 4.79 Å². The molecule has 0 saturated carbocycles. The van der Waals surface area contributed by atoms with Crippen LogP contribution in [0.1, 0.15) is 31.2 Å². The Morgan fingerprint density at radius 1 is 1.23 bits per heavy atom. The number of fused-ring (bicyclic) bond motifs is 1. The van der Waals surface area contributed by atoms with E-state index in [-0.39, 0.29) is 18.1 Å². The number of rotatable bonds is 7. The van der Waals surface area contributed by atoms with E-state index in [0.717, 1.165) is 4.47 Å². The zero-order valence-electron chi connectivity index (χ0n) is 17.7. The van der Waals surface area contributed by atoms with E-state index in [1.54, 1.807) is 24.4 Å². The third kappa shape index (κ3) is 4.72. The van der Waals surface area contributed by atoms with Gasteiger partial charge in [0, 0.05) is 16.0 Å². The Morgan fingerprint density at radius 3 is 2.48 bits per heavy atom. The van der Waals surface area contributed by atoms with Crippen molar-refractivity contribution in [1.29, 1.82) is 0 Å². The quantitative estimate of drug-likeness (QED) is 0.372. The molecule has 8 heteroatoms. The van der Waals surface area contributed by atoms with Gasteiger partial charge in [0.25, 0.3) is 5.56 Å². The third-order valence-corrected chi connectivity index (χ3v) is 4.95. The fourth-order valence-electron chi connectivity index (χ4n) is 3.01. The van der Waals surface area contributed by atoms with Crippen molar-refractivity contribution in [1.82, 2.24) is 9.66 Å². The lowest BCUT2D eigenvalue weighted by molar-refractivity contribution is 0.304. The molecular formula is C23H22BrN3O4. The molecule has 7 nitrogen and oxygen atoms in total. The van der Waals surface area contributed by atoms with Crippen LogP contribution in [0.25, 0.3) is 10.9 Å². The van der Waals surface area contributed by atoms with Crippen LogP contribution in [0.3, 0.4) is 0 Å². The summed E-state index contributed by atoms with van der Waals surface area (Å²) in [6.45, 7) is 4.00. The summed E-state index contributed by atoms with van der Waals surface area (Å²) in [6, 6.07) is 8.86. The van der Waals surface area contributed by atoms with Gasteiger partial charge in [0.05, 0.1) is 31.3 Å². The predicted octanol–water partition coefficient (Wildman–Crippen LogP) is 4.19. The van der Waals surface area contributed by atoms with Crippen molar-refractivity contribution in [2.45, 2.75) is 19.8 Å². The van der Waals surface area contributed by atoms with Gasteiger partial charge in [0.2, 0.25) is 5.75 Å². The molecule has 0 spiro atoms. The van der Waals surface area contributed by atoms with Crippen LogP contribution in [0.5, 0.6) is 17.2 Å². The topological polar surface area (TPSA) is 74.9 Å². The number of methoxy groups -OCH3 is 2. The fourth-order valence-corrected chi connectivity index (χ4v) is 3.37. The fraction of sp³-hybridized carbons (Fsp3) is 0.261. The molecule has 3 aromatic rings. The van der Waals surface area contributed by atoms with E-state index < -0.39 is 0 Å². The van der Waals surface area contributed by atoms with Crippen molar-refractivity contribution < 1.29 is 14.2 Å². The van der Waals surface area contributed by atoms with E-state index in [9.17, 15) is 4.79 Å². The molecule has 0 unspecified atom stereocenters. The molecule has 1 heterocycles. The molecule has 0 atom stereocenters. The number of hydrogen-bond donors (Lipinski definition) is 0. The number of ether oxygens (including phenoxy) is 3. The summed E-state index contributed by atoms with van der Waals surface area (Å²) in [5.41, 5.74) is 1.03. The number of benzene rings is 2. The second-order valence-corrected chi connectivity index (χ2v) is 7.81. The van der Waals surface area contributed by atoms with Crippen LogP contribution in [0, 0.1) is 12.3 Å². The summed E-state index contributed by atoms with van der Waals surface area (Å²) >= 11 is 3.40. The van der Waals surface area contributed by atoms with Crippen molar-refractivity contribution in [2.75, 3.05) is 20.8 Å². The van der Waals surface area contributed by atoms with Crippen LogP contribution in [0.4, 0.5) is 0 Å². The molecule has 31 heavy (non-hydrogen) atoms. The van der Waals surface area contributed by atoms with E-state index in [4.69, 9.17) is 20.6 Å². The van der Waals surface area contributed by atoms with Crippen molar-refractivity contribution in [3.05, 3.63) is 56.5 Å². The van der Waals surface area contributed by atoms with Gasteiger partial charge in [0.1, 0.15) is 12.4 Å². The van der Waals surface area contributed by atoms with E-state index in [2.05, 4.69) is 31.9 Å². The lowest BCUT2D eigenvalue weighted by atomic mass is 10.2. The minimum Gasteiger partial charge on any atom is -0.493 e. The third-order valence-electron chi connectivity index (χ3n) is 4.45. The molecule has 0 saturated heterocycles. The van der Waals surface area contributed by atoms with Crippen LogP contribution in [0.15, 0.2) is 44.7 Å². The Morgan fingerprint density at radius 2 is 1.90 bits per heavy atom. The Hall–Kier alpha value is -3.31. The van der Waals surface area contributed by atoms with Gasteiger partial charge in [0.15, 0.2) is 11.5 Å². The second-order valence-electron chi connectivity index (χ2n) is 6.90. The van der Waals surface area contributed by atoms with Crippen LogP contribution in [-0.4, -0.2) is 36.7 Å². The Bertz CT molecular complexity index is 1220. The summed E-state index contributed by atoms with van der Waals surface area (Å²) in [4.78, 5) is 17.8. The Labute approximate surface area is 188 Å². The average molecular weight is 484 g/mol. The highest BCUT2D eigenvalue weighted by molar-refractivity contribution is 9.10. The van der Waals surface area contributed by atoms with Crippen molar-refractivity contribution in [3.8, 4) is 29.6 Å². The Kier molecular flexibility index (Phi) is 6.98. The number of nitrogens with zero attached hydrogens (tertiary/aromatic N) is 3. The number of terminal acetylenes is 1. The smallest absolute Gasteiger partial charge is 0.282 e. The molecule has 1 aromatic heterocycles. The summed E-state index contributed by atoms with van der Waals surface area (Å²) < 4.78 is 18.5. The van der Waals surface area contributed by atoms with Gasteiger partial charge in [-0.1, -0.05) is 35.7 Å². The van der Waals surface area contributed by atoms with Gasteiger partial charge >= 0.3 is 0 Å². The van der Waals surface area contributed by atoms with E-state index in [1.807, 2.05) is 26.0 Å². The first-order chi connectivity index (χ1) is 14.9. The maximum atomic E-state index is 13.1. The minimum absolute atomic E-state index is 0.0125. The standard InChI is InChI=1S/C23H22BrN3O4/c1-6-9-31-21-19(29-4)10-15(11-20(21)30-5)13-25-27-22(14(2)3)26-18-8-7-16(24)12-17(18)23(27)28/h1,7-8,10-14H,9H2,2-5H3. The lowest BCUT2D eigenvalue weighted by Gasteiger charge is -2.14. The van der Waals surface area contributed by atoms with E-state index >= 15 is 0 Å². The maximum absolute atomic E-state index is 13.1. The normalized spacial score (nSPS) is 11.1. The number of aromatic nitrogens is 2. The molecule has 0 aliphatic rings. The monoisotopic (exact) mass is 483 g/mol. The van der Waals surface area contributed by atoms with Gasteiger partial charge in [-0.05, 0) is 30.3 Å².